The number of ether oxygens (including phenoxy) is 1. The molecule has 0 atom stereocenters. The Morgan fingerprint density at radius 2 is 1.79 bits per heavy atom. The number of nitrogens with one attached hydrogen (secondary N) is 1. The molecule has 0 saturated carbocycles. The zero-order valence-electron chi connectivity index (χ0n) is 21.9. The second-order valence-electron chi connectivity index (χ2n) is 10.0. The van der Waals surface area contributed by atoms with Crippen LogP contribution in [-0.4, -0.2) is 53.5 Å². The van der Waals surface area contributed by atoms with Gasteiger partial charge in [-0.25, -0.2) is 0 Å². The summed E-state index contributed by atoms with van der Waals surface area (Å²) in [4.78, 5) is 17.7. The first-order chi connectivity index (χ1) is 19.0. The fourth-order valence-corrected chi connectivity index (χ4v) is 5.46. The first-order valence-electron chi connectivity index (χ1n) is 13.5. The molecule has 0 aromatic heterocycles. The molecule has 1 amide bonds. The fraction of sp³-hybridized carbons (Fsp3) is 0.281. The number of halogens is 1. The predicted molar refractivity (Wildman–Crippen MR) is 158 cm³/mol. The van der Waals surface area contributed by atoms with E-state index in [1.54, 1.807) is 18.4 Å². The Hall–Kier alpha value is -3.55. The van der Waals surface area contributed by atoms with Gasteiger partial charge in [0.25, 0.3) is 5.91 Å². The smallest absolute Gasteiger partial charge is 0.251 e. The van der Waals surface area contributed by atoms with Crippen molar-refractivity contribution in [2.75, 3.05) is 32.7 Å². The molecule has 0 radical (unpaired) electrons. The highest BCUT2D eigenvalue weighted by Gasteiger charge is 2.24. The molecule has 0 aliphatic carbocycles. The van der Waals surface area contributed by atoms with Crippen molar-refractivity contribution in [1.29, 1.82) is 0 Å². The highest BCUT2D eigenvalue weighted by Crippen LogP contribution is 2.31. The van der Waals surface area contributed by atoms with Gasteiger partial charge in [0.05, 0.1) is 0 Å². The molecule has 2 N–H and O–H groups in total. The summed E-state index contributed by atoms with van der Waals surface area (Å²) in [6.07, 6.45) is 8.48. The van der Waals surface area contributed by atoms with E-state index >= 15 is 0 Å². The minimum atomic E-state index is 0.0126. The second-order valence-corrected chi connectivity index (χ2v) is 10.9. The average molecular weight is 589 g/mol. The first-order valence-corrected chi connectivity index (χ1v) is 14.3. The summed E-state index contributed by atoms with van der Waals surface area (Å²) in [5, 5.41) is 12.9. The summed E-state index contributed by atoms with van der Waals surface area (Å²) in [5.74, 6) is 1.34. The van der Waals surface area contributed by atoms with E-state index in [0.29, 0.717) is 12.5 Å². The van der Waals surface area contributed by atoms with Crippen LogP contribution in [0.4, 0.5) is 0 Å². The summed E-state index contributed by atoms with van der Waals surface area (Å²) in [6, 6.07) is 23.4. The zero-order valence-corrected chi connectivity index (χ0v) is 23.5. The summed E-state index contributed by atoms with van der Waals surface area (Å²) in [5.41, 5.74) is 4.02. The van der Waals surface area contributed by atoms with Crippen molar-refractivity contribution in [2.24, 2.45) is 0 Å². The minimum Gasteiger partial charge on any atom is -0.508 e. The number of carbonyl (C=O) groups excluding carboxylic acids is 1. The van der Waals surface area contributed by atoms with Crippen LogP contribution in [0.25, 0.3) is 5.76 Å². The highest BCUT2D eigenvalue weighted by atomic mass is 79.9. The number of amides is 1. The van der Waals surface area contributed by atoms with Gasteiger partial charge < -0.3 is 25.0 Å². The number of phenolic OH excluding ortho intramolecular Hbond substituents is 1. The van der Waals surface area contributed by atoms with Crippen LogP contribution in [-0.2, 0) is 11.2 Å². The van der Waals surface area contributed by atoms with E-state index in [4.69, 9.17) is 4.74 Å². The molecule has 39 heavy (non-hydrogen) atoms. The van der Waals surface area contributed by atoms with Crippen molar-refractivity contribution in [3.63, 3.8) is 0 Å². The van der Waals surface area contributed by atoms with Crippen LogP contribution in [0.3, 0.4) is 0 Å². The molecule has 1 saturated heterocycles. The van der Waals surface area contributed by atoms with Crippen molar-refractivity contribution in [1.82, 2.24) is 15.1 Å². The van der Waals surface area contributed by atoms with Crippen LogP contribution < -0.4 is 5.32 Å². The number of hydrogen-bond donors (Lipinski definition) is 2. The third kappa shape index (κ3) is 7.31. The summed E-state index contributed by atoms with van der Waals surface area (Å²) in [6.45, 7) is 4.41. The number of nitrogens with zero attached hydrogens (tertiary/aromatic N) is 2. The SMILES string of the molecule is O=C(NCCc1ccc(Br)cc1)c1ccccc1C1CCN(CCN2C=COC(c3cccc(O)c3)=C2)CC1. The van der Waals surface area contributed by atoms with E-state index in [-0.39, 0.29) is 11.7 Å². The quantitative estimate of drug-likeness (QED) is 0.316. The topological polar surface area (TPSA) is 65.0 Å². The lowest BCUT2D eigenvalue weighted by molar-refractivity contribution is 0.0951. The molecule has 3 aromatic rings. The van der Waals surface area contributed by atoms with Crippen LogP contribution in [0, 0.1) is 0 Å². The molecular weight excluding hydrogens is 554 g/mol. The molecule has 0 bridgehead atoms. The predicted octanol–water partition coefficient (Wildman–Crippen LogP) is 6.11. The van der Waals surface area contributed by atoms with Gasteiger partial charge in [-0.15, -0.1) is 0 Å². The van der Waals surface area contributed by atoms with E-state index in [1.165, 1.54) is 5.56 Å². The highest BCUT2D eigenvalue weighted by molar-refractivity contribution is 9.10. The first kappa shape index (κ1) is 27.0. The molecule has 1 fully saturated rings. The maximum atomic E-state index is 13.1. The van der Waals surface area contributed by atoms with Crippen LogP contribution in [0.1, 0.15) is 45.8 Å². The van der Waals surface area contributed by atoms with Crippen molar-refractivity contribution in [3.8, 4) is 5.75 Å². The standard InChI is InChI=1S/C32H34BrN3O3/c33-27-10-8-24(9-11-27)12-15-34-32(38)30-7-2-1-6-29(30)25-13-16-35(17-14-25)18-19-36-20-21-39-31(23-36)26-4-3-5-28(37)22-26/h1-11,20-23,25,37H,12-19H2,(H,34,38). The number of rotatable bonds is 9. The van der Waals surface area contributed by atoms with Crippen LogP contribution in [0.15, 0.2) is 95.9 Å². The lowest BCUT2D eigenvalue weighted by atomic mass is 9.86. The average Bonchev–Trinajstić information content (AvgIpc) is 2.97. The van der Waals surface area contributed by atoms with Gasteiger partial charge in [-0.1, -0.05) is 58.4 Å². The molecule has 5 rings (SSSR count). The van der Waals surface area contributed by atoms with Gasteiger partial charge in [0.1, 0.15) is 17.8 Å². The molecule has 2 heterocycles. The van der Waals surface area contributed by atoms with Crippen molar-refractivity contribution in [2.45, 2.75) is 25.2 Å². The molecular formula is C32H34BrN3O3. The Kier molecular flexibility index (Phi) is 9.01. The second kappa shape index (κ2) is 13.0. The van der Waals surface area contributed by atoms with E-state index in [1.807, 2.05) is 54.9 Å². The lowest BCUT2D eigenvalue weighted by Gasteiger charge is -2.34. The molecule has 202 valence electrons. The maximum absolute atomic E-state index is 13.1. The molecule has 0 unspecified atom stereocenters. The van der Waals surface area contributed by atoms with Crippen molar-refractivity contribution >= 4 is 27.6 Å². The van der Waals surface area contributed by atoms with Gasteiger partial charge in [-0.3, -0.25) is 4.79 Å². The molecule has 6 nitrogen and oxygen atoms in total. The van der Waals surface area contributed by atoms with Crippen LogP contribution in [0.5, 0.6) is 5.75 Å². The molecule has 2 aliphatic rings. The molecule has 2 aliphatic heterocycles. The fourth-order valence-electron chi connectivity index (χ4n) is 5.20. The van der Waals surface area contributed by atoms with E-state index in [0.717, 1.165) is 72.4 Å². The van der Waals surface area contributed by atoms with Crippen LogP contribution in [0.2, 0.25) is 0 Å². The number of aromatic hydroxyl groups is 1. The van der Waals surface area contributed by atoms with Gasteiger partial charge in [-0.05, 0) is 79.7 Å². The third-order valence-corrected chi connectivity index (χ3v) is 7.91. The van der Waals surface area contributed by atoms with Gasteiger partial charge in [0.2, 0.25) is 0 Å². The number of carbonyl (C=O) groups is 1. The molecule has 3 aromatic carbocycles. The Morgan fingerprint density at radius 3 is 2.59 bits per heavy atom. The third-order valence-electron chi connectivity index (χ3n) is 7.38. The van der Waals surface area contributed by atoms with Gasteiger partial charge in [0.15, 0.2) is 0 Å². The number of hydrogen-bond acceptors (Lipinski definition) is 5. The molecule has 7 heteroatoms. The minimum absolute atomic E-state index is 0.0126. The summed E-state index contributed by atoms with van der Waals surface area (Å²) < 4.78 is 6.72. The van der Waals surface area contributed by atoms with Gasteiger partial charge in [-0.2, -0.15) is 0 Å². The Labute approximate surface area is 238 Å². The maximum Gasteiger partial charge on any atom is 0.251 e. The van der Waals surface area contributed by atoms with Crippen molar-refractivity contribution in [3.05, 3.63) is 118 Å². The number of phenols is 1. The number of benzene rings is 3. The van der Waals surface area contributed by atoms with Crippen molar-refractivity contribution < 1.29 is 14.6 Å². The number of piperidine rings is 1. The van der Waals surface area contributed by atoms with E-state index < -0.39 is 0 Å². The normalized spacial score (nSPS) is 16.0. The van der Waals surface area contributed by atoms with Gasteiger partial charge >= 0.3 is 0 Å². The number of likely N-dealkylation sites (tertiary alicyclic amines) is 1. The monoisotopic (exact) mass is 587 g/mol. The largest absolute Gasteiger partial charge is 0.508 e. The zero-order chi connectivity index (χ0) is 27.0. The summed E-state index contributed by atoms with van der Waals surface area (Å²) >= 11 is 3.46. The van der Waals surface area contributed by atoms with E-state index in [2.05, 4.69) is 49.2 Å². The lowest BCUT2D eigenvalue weighted by Crippen LogP contribution is -2.38. The van der Waals surface area contributed by atoms with Crippen LogP contribution >= 0.6 is 15.9 Å². The van der Waals surface area contributed by atoms with Gasteiger partial charge in [0, 0.05) is 47.6 Å². The summed E-state index contributed by atoms with van der Waals surface area (Å²) in [7, 11) is 0. The Balaban J connectivity index is 1.11. The van der Waals surface area contributed by atoms with E-state index in [9.17, 15) is 9.90 Å². The Morgan fingerprint density at radius 1 is 1.00 bits per heavy atom. The Bertz CT molecular complexity index is 1330. The molecule has 0 spiro atoms.